The highest BCUT2D eigenvalue weighted by Crippen LogP contribution is 2.25. The Morgan fingerprint density at radius 1 is 1.13 bits per heavy atom. The molecule has 0 radical (unpaired) electrons. The van der Waals surface area contributed by atoms with Crippen LogP contribution in [0.1, 0.15) is 40.0 Å². The molecule has 1 saturated heterocycles. The van der Waals surface area contributed by atoms with Crippen LogP contribution in [-0.2, 0) is 13.6 Å². The standard InChI is InChI=1S/C25H28ClN3O2/c1-17-14-20(26)11-12-22(17)24(30)19-8-7-13-28(15-19)16-23-18(2)27(3)29(25(23)31)21-9-5-4-6-10-21/h4-6,9-12,14,19H,7-8,13,15-16H2,1-3H3/t19-/m1/s1. The summed E-state index contributed by atoms with van der Waals surface area (Å²) in [5, 5.41) is 0.647. The van der Waals surface area contributed by atoms with Crippen LogP contribution in [0.4, 0.5) is 0 Å². The number of aromatic nitrogens is 2. The van der Waals surface area contributed by atoms with E-state index in [-0.39, 0.29) is 17.3 Å². The van der Waals surface area contributed by atoms with E-state index in [4.69, 9.17) is 11.6 Å². The van der Waals surface area contributed by atoms with Crippen molar-refractivity contribution in [3.05, 3.63) is 86.3 Å². The normalized spacial score (nSPS) is 17.1. The maximum atomic E-state index is 13.2. The molecular formula is C25H28ClN3O2. The number of piperidine rings is 1. The molecule has 0 saturated carbocycles. The average Bonchev–Trinajstić information content (AvgIpc) is 2.97. The molecule has 0 aliphatic carbocycles. The third-order valence-electron chi connectivity index (χ3n) is 6.39. The fourth-order valence-corrected chi connectivity index (χ4v) is 4.79. The van der Waals surface area contributed by atoms with Gasteiger partial charge in [0.2, 0.25) is 0 Å². The summed E-state index contributed by atoms with van der Waals surface area (Å²) < 4.78 is 3.63. The van der Waals surface area contributed by atoms with Gasteiger partial charge in [-0.2, -0.15) is 0 Å². The third-order valence-corrected chi connectivity index (χ3v) is 6.62. The number of likely N-dealkylation sites (tertiary alicyclic amines) is 1. The van der Waals surface area contributed by atoms with E-state index in [9.17, 15) is 9.59 Å². The van der Waals surface area contributed by atoms with Crippen molar-refractivity contribution in [2.75, 3.05) is 13.1 Å². The summed E-state index contributed by atoms with van der Waals surface area (Å²) in [4.78, 5) is 28.6. The Kier molecular flexibility index (Phi) is 6.17. The lowest BCUT2D eigenvalue weighted by Gasteiger charge is -2.32. The molecule has 0 unspecified atom stereocenters. The van der Waals surface area contributed by atoms with E-state index < -0.39 is 0 Å². The van der Waals surface area contributed by atoms with Crippen LogP contribution in [-0.4, -0.2) is 33.1 Å². The van der Waals surface area contributed by atoms with Crippen molar-refractivity contribution in [2.24, 2.45) is 13.0 Å². The van der Waals surface area contributed by atoms with Crippen molar-refractivity contribution in [3.63, 3.8) is 0 Å². The molecule has 162 valence electrons. The van der Waals surface area contributed by atoms with Gasteiger partial charge in [-0.3, -0.25) is 19.2 Å². The van der Waals surface area contributed by atoms with Crippen LogP contribution < -0.4 is 5.56 Å². The van der Waals surface area contributed by atoms with Crippen molar-refractivity contribution in [2.45, 2.75) is 33.2 Å². The minimum atomic E-state index is -0.0611. The van der Waals surface area contributed by atoms with Gasteiger partial charge in [0, 0.05) is 42.3 Å². The minimum absolute atomic E-state index is 0.00759. The maximum Gasteiger partial charge on any atom is 0.276 e. The number of rotatable bonds is 5. The summed E-state index contributed by atoms with van der Waals surface area (Å²) in [5.41, 5.74) is 4.28. The largest absolute Gasteiger partial charge is 0.298 e. The third kappa shape index (κ3) is 4.25. The minimum Gasteiger partial charge on any atom is -0.298 e. The molecule has 1 atom stereocenters. The topological polar surface area (TPSA) is 47.2 Å². The predicted molar refractivity (Wildman–Crippen MR) is 124 cm³/mol. The molecule has 1 fully saturated rings. The number of aryl methyl sites for hydroxylation is 1. The second kappa shape index (κ2) is 8.85. The molecule has 1 aromatic heterocycles. The zero-order chi connectivity index (χ0) is 22.1. The van der Waals surface area contributed by atoms with Crippen molar-refractivity contribution in [1.29, 1.82) is 0 Å². The summed E-state index contributed by atoms with van der Waals surface area (Å²) in [5.74, 6) is 0.110. The number of carbonyl (C=O) groups is 1. The Hall–Kier alpha value is -2.63. The molecule has 4 rings (SSSR count). The van der Waals surface area contributed by atoms with Gasteiger partial charge in [0.25, 0.3) is 5.56 Å². The fraction of sp³-hybridized carbons (Fsp3) is 0.360. The van der Waals surface area contributed by atoms with Crippen LogP contribution in [0.25, 0.3) is 5.69 Å². The molecule has 2 aromatic carbocycles. The van der Waals surface area contributed by atoms with Gasteiger partial charge in [0.15, 0.2) is 5.78 Å². The first-order valence-electron chi connectivity index (χ1n) is 10.7. The van der Waals surface area contributed by atoms with Gasteiger partial charge >= 0.3 is 0 Å². The molecule has 6 heteroatoms. The molecule has 2 heterocycles. The van der Waals surface area contributed by atoms with Crippen LogP contribution in [0, 0.1) is 19.8 Å². The van der Waals surface area contributed by atoms with E-state index in [0.29, 0.717) is 18.1 Å². The highest BCUT2D eigenvalue weighted by Gasteiger charge is 2.29. The second-order valence-electron chi connectivity index (χ2n) is 8.44. The predicted octanol–water partition coefficient (Wildman–Crippen LogP) is 4.54. The van der Waals surface area contributed by atoms with Crippen LogP contribution in [0.2, 0.25) is 5.02 Å². The van der Waals surface area contributed by atoms with Gasteiger partial charge in [0.1, 0.15) is 0 Å². The Balaban J connectivity index is 1.55. The van der Waals surface area contributed by atoms with E-state index in [1.165, 1.54) is 0 Å². The zero-order valence-corrected chi connectivity index (χ0v) is 19.0. The molecule has 0 amide bonds. The average molecular weight is 438 g/mol. The van der Waals surface area contributed by atoms with Crippen LogP contribution in [0.3, 0.4) is 0 Å². The summed E-state index contributed by atoms with van der Waals surface area (Å²) >= 11 is 6.06. The summed E-state index contributed by atoms with van der Waals surface area (Å²) in [6, 6.07) is 15.1. The smallest absolute Gasteiger partial charge is 0.276 e. The van der Waals surface area contributed by atoms with Gasteiger partial charge < -0.3 is 0 Å². The van der Waals surface area contributed by atoms with Crippen LogP contribution in [0.15, 0.2) is 53.3 Å². The van der Waals surface area contributed by atoms with E-state index in [1.54, 1.807) is 10.7 Å². The number of hydrogen-bond donors (Lipinski definition) is 0. The summed E-state index contributed by atoms with van der Waals surface area (Å²) in [7, 11) is 1.92. The molecule has 1 aliphatic heterocycles. The van der Waals surface area contributed by atoms with Gasteiger partial charge in [-0.15, -0.1) is 0 Å². The number of Topliss-reactive ketones (excluding diaryl/α,β-unsaturated/α-hetero) is 1. The van der Waals surface area contributed by atoms with E-state index in [0.717, 1.165) is 47.5 Å². The molecule has 0 spiro atoms. The van der Waals surface area contributed by atoms with E-state index >= 15 is 0 Å². The fourth-order valence-electron chi connectivity index (χ4n) is 4.57. The van der Waals surface area contributed by atoms with E-state index in [1.807, 2.05) is 68.0 Å². The Morgan fingerprint density at radius 3 is 2.58 bits per heavy atom. The first kappa shape index (κ1) is 21.6. The Labute approximate surface area is 187 Å². The molecule has 0 N–H and O–H groups in total. The number of para-hydroxylation sites is 1. The molecule has 1 aliphatic rings. The number of nitrogens with zero attached hydrogens (tertiary/aromatic N) is 3. The summed E-state index contributed by atoms with van der Waals surface area (Å²) in [6.07, 6.45) is 1.82. The first-order chi connectivity index (χ1) is 14.9. The number of ketones is 1. The number of halogens is 1. The maximum absolute atomic E-state index is 13.2. The van der Waals surface area contributed by atoms with Crippen molar-refractivity contribution in [3.8, 4) is 5.69 Å². The highest BCUT2D eigenvalue weighted by molar-refractivity contribution is 6.30. The van der Waals surface area contributed by atoms with Gasteiger partial charge in [-0.25, -0.2) is 4.68 Å². The van der Waals surface area contributed by atoms with Crippen molar-refractivity contribution in [1.82, 2.24) is 14.3 Å². The van der Waals surface area contributed by atoms with Crippen LogP contribution in [0.5, 0.6) is 0 Å². The molecular weight excluding hydrogens is 410 g/mol. The lowest BCUT2D eigenvalue weighted by atomic mass is 9.88. The van der Waals surface area contributed by atoms with Gasteiger partial charge in [0.05, 0.1) is 11.3 Å². The lowest BCUT2D eigenvalue weighted by molar-refractivity contribution is 0.0810. The monoisotopic (exact) mass is 437 g/mol. The first-order valence-corrected chi connectivity index (χ1v) is 11.1. The second-order valence-corrected chi connectivity index (χ2v) is 8.87. The molecule has 31 heavy (non-hydrogen) atoms. The van der Waals surface area contributed by atoms with Gasteiger partial charge in [-0.05, 0) is 69.1 Å². The highest BCUT2D eigenvalue weighted by atomic mass is 35.5. The lowest BCUT2D eigenvalue weighted by Crippen LogP contribution is -2.39. The molecule has 0 bridgehead atoms. The van der Waals surface area contributed by atoms with Crippen molar-refractivity contribution >= 4 is 17.4 Å². The van der Waals surface area contributed by atoms with Crippen molar-refractivity contribution < 1.29 is 4.79 Å². The Morgan fingerprint density at radius 2 is 1.87 bits per heavy atom. The molecule has 3 aromatic rings. The summed E-state index contributed by atoms with van der Waals surface area (Å²) in [6.45, 7) is 6.03. The quantitative estimate of drug-likeness (QED) is 0.550. The SMILES string of the molecule is Cc1cc(Cl)ccc1C(=O)[C@@H]1CCCN(Cc2c(C)n(C)n(-c3ccccc3)c2=O)C1. The number of carbonyl (C=O) groups excluding carboxylic acids is 1. The van der Waals surface area contributed by atoms with Crippen LogP contribution >= 0.6 is 11.6 Å². The zero-order valence-electron chi connectivity index (χ0n) is 18.3. The van der Waals surface area contributed by atoms with Gasteiger partial charge in [-0.1, -0.05) is 29.8 Å². The molecule has 5 nitrogen and oxygen atoms in total. The van der Waals surface area contributed by atoms with E-state index in [2.05, 4.69) is 4.90 Å². The number of benzene rings is 2. The Bertz CT molecular complexity index is 1160. The number of hydrogen-bond acceptors (Lipinski definition) is 3.